The average molecular weight is 121 g/mol. The third kappa shape index (κ3) is 0.561. The molecule has 2 aromatic heterocycles. The predicted octanol–water partition coefficient (Wildman–Crippen LogP) is 0.618. The SMILES string of the molecule is c1cnc2nnoc2c1. The molecule has 0 saturated carbocycles. The summed E-state index contributed by atoms with van der Waals surface area (Å²) in [5.41, 5.74) is 1.18. The zero-order valence-electron chi connectivity index (χ0n) is 4.48. The summed E-state index contributed by atoms with van der Waals surface area (Å²) in [6.45, 7) is 0. The summed E-state index contributed by atoms with van der Waals surface area (Å²) >= 11 is 0. The molecule has 4 heteroatoms. The van der Waals surface area contributed by atoms with E-state index >= 15 is 0 Å². The Balaban J connectivity index is 2.95. The lowest BCUT2D eigenvalue weighted by Gasteiger charge is -1.76. The zero-order chi connectivity index (χ0) is 6.10. The van der Waals surface area contributed by atoms with E-state index in [1.165, 1.54) is 0 Å². The first-order valence-corrected chi connectivity index (χ1v) is 2.50. The molecular formula is C5H3N3O. The van der Waals surface area contributed by atoms with Crippen molar-refractivity contribution in [1.82, 2.24) is 15.4 Å². The van der Waals surface area contributed by atoms with Gasteiger partial charge in [0.15, 0.2) is 0 Å². The van der Waals surface area contributed by atoms with Crippen LogP contribution in [0.2, 0.25) is 0 Å². The summed E-state index contributed by atoms with van der Waals surface area (Å²) in [6, 6.07) is 3.54. The summed E-state index contributed by atoms with van der Waals surface area (Å²) in [5, 5.41) is 6.90. The van der Waals surface area contributed by atoms with Gasteiger partial charge >= 0.3 is 0 Å². The zero-order valence-corrected chi connectivity index (χ0v) is 4.48. The molecule has 0 amide bonds. The molecule has 0 aliphatic rings. The lowest BCUT2D eigenvalue weighted by atomic mass is 10.5. The molecule has 2 aromatic rings. The molecule has 0 fully saturated rings. The Hall–Kier alpha value is -1.45. The Labute approximate surface area is 50.5 Å². The Morgan fingerprint density at radius 2 is 2.44 bits per heavy atom. The van der Waals surface area contributed by atoms with Gasteiger partial charge in [-0.15, -0.1) is 0 Å². The van der Waals surface area contributed by atoms with Crippen molar-refractivity contribution in [3.63, 3.8) is 0 Å². The minimum absolute atomic E-state index is 0.553. The lowest BCUT2D eigenvalue weighted by Crippen LogP contribution is -1.71. The maximum Gasteiger partial charge on any atom is 0.223 e. The largest absolute Gasteiger partial charge is 0.335 e. The van der Waals surface area contributed by atoms with Crippen LogP contribution in [0.1, 0.15) is 0 Å². The standard InChI is InChI=1S/C5H3N3O/c1-2-4-5(6-3-1)7-8-9-4/h1-3H. The van der Waals surface area contributed by atoms with Crippen LogP contribution < -0.4 is 0 Å². The van der Waals surface area contributed by atoms with Crippen molar-refractivity contribution < 1.29 is 4.52 Å². The number of rotatable bonds is 0. The van der Waals surface area contributed by atoms with Crippen molar-refractivity contribution in [2.45, 2.75) is 0 Å². The minimum Gasteiger partial charge on any atom is -0.335 e. The Bertz CT molecular complexity index is 286. The molecule has 0 saturated heterocycles. The maximum atomic E-state index is 4.69. The predicted molar refractivity (Wildman–Crippen MR) is 29.6 cm³/mol. The van der Waals surface area contributed by atoms with Crippen LogP contribution in [-0.2, 0) is 0 Å². The first-order valence-electron chi connectivity index (χ1n) is 2.50. The highest BCUT2D eigenvalue weighted by Gasteiger charge is 1.95. The summed E-state index contributed by atoms with van der Waals surface area (Å²) in [6.07, 6.45) is 1.65. The van der Waals surface area contributed by atoms with Crippen LogP contribution in [0.4, 0.5) is 0 Å². The summed E-state index contributed by atoms with van der Waals surface area (Å²) in [4.78, 5) is 3.87. The fourth-order valence-corrected chi connectivity index (χ4v) is 0.632. The summed E-state index contributed by atoms with van der Waals surface area (Å²) in [7, 11) is 0. The van der Waals surface area contributed by atoms with Gasteiger partial charge in [-0.25, -0.2) is 4.98 Å². The monoisotopic (exact) mass is 121 g/mol. The van der Waals surface area contributed by atoms with Crippen LogP contribution in [0.3, 0.4) is 0 Å². The molecule has 0 radical (unpaired) electrons. The Morgan fingerprint density at radius 1 is 1.44 bits per heavy atom. The van der Waals surface area contributed by atoms with Crippen molar-refractivity contribution in [1.29, 1.82) is 0 Å². The molecule has 2 heterocycles. The van der Waals surface area contributed by atoms with Gasteiger partial charge in [-0.2, -0.15) is 0 Å². The van der Waals surface area contributed by atoms with Crippen LogP contribution in [0.15, 0.2) is 22.9 Å². The van der Waals surface area contributed by atoms with Gasteiger partial charge in [0.25, 0.3) is 0 Å². The van der Waals surface area contributed by atoms with Gasteiger partial charge in [-0.05, 0) is 12.1 Å². The van der Waals surface area contributed by atoms with Crippen LogP contribution in [0.5, 0.6) is 0 Å². The van der Waals surface area contributed by atoms with Crippen LogP contribution >= 0.6 is 0 Å². The Kier molecular flexibility index (Phi) is 0.745. The van der Waals surface area contributed by atoms with Crippen molar-refractivity contribution in [3.8, 4) is 0 Å². The molecule has 0 unspecified atom stereocenters. The Morgan fingerprint density at radius 3 is 3.33 bits per heavy atom. The van der Waals surface area contributed by atoms with E-state index in [0.29, 0.717) is 11.2 Å². The fourth-order valence-electron chi connectivity index (χ4n) is 0.632. The van der Waals surface area contributed by atoms with E-state index < -0.39 is 0 Å². The third-order valence-corrected chi connectivity index (χ3v) is 1.03. The molecule has 2 rings (SSSR count). The van der Waals surface area contributed by atoms with Crippen LogP contribution in [0.25, 0.3) is 11.2 Å². The van der Waals surface area contributed by atoms with Gasteiger partial charge in [0.05, 0.1) is 0 Å². The highest BCUT2D eigenvalue weighted by atomic mass is 16.5. The lowest BCUT2D eigenvalue weighted by molar-refractivity contribution is 0.424. The molecule has 4 nitrogen and oxygen atoms in total. The second-order valence-corrected chi connectivity index (χ2v) is 1.60. The van der Waals surface area contributed by atoms with Crippen molar-refractivity contribution in [2.75, 3.05) is 0 Å². The molecule has 0 atom stereocenters. The molecule has 44 valence electrons. The van der Waals surface area contributed by atoms with Crippen molar-refractivity contribution in [2.24, 2.45) is 0 Å². The summed E-state index contributed by atoms with van der Waals surface area (Å²) in [5.74, 6) is 0. The van der Waals surface area contributed by atoms with Crippen LogP contribution in [0, 0.1) is 0 Å². The van der Waals surface area contributed by atoms with E-state index in [9.17, 15) is 0 Å². The van der Waals surface area contributed by atoms with Crippen LogP contribution in [-0.4, -0.2) is 15.4 Å². The molecule has 0 aliphatic carbocycles. The molecule has 0 N–H and O–H groups in total. The molecular weight excluding hydrogens is 118 g/mol. The first-order chi connectivity index (χ1) is 4.47. The highest BCUT2D eigenvalue weighted by molar-refractivity contribution is 5.65. The number of fused-ring (bicyclic) bond motifs is 1. The number of nitrogens with zero attached hydrogens (tertiary/aromatic N) is 3. The quantitative estimate of drug-likeness (QED) is 0.512. The van der Waals surface area contributed by atoms with Gasteiger partial charge in [0.2, 0.25) is 11.2 Å². The number of pyridine rings is 1. The van der Waals surface area contributed by atoms with Gasteiger partial charge in [0, 0.05) is 11.5 Å². The molecule has 0 aliphatic heterocycles. The second-order valence-electron chi connectivity index (χ2n) is 1.60. The topological polar surface area (TPSA) is 51.8 Å². The van der Waals surface area contributed by atoms with Gasteiger partial charge in [-0.1, -0.05) is 5.10 Å². The van der Waals surface area contributed by atoms with Crippen molar-refractivity contribution in [3.05, 3.63) is 18.3 Å². The second kappa shape index (κ2) is 1.51. The van der Waals surface area contributed by atoms with Gasteiger partial charge in [0.1, 0.15) is 0 Å². The molecule has 0 bridgehead atoms. The highest BCUT2D eigenvalue weighted by Crippen LogP contribution is 2.03. The molecule has 0 aromatic carbocycles. The fraction of sp³-hybridized carbons (Fsp3) is 0. The summed E-state index contributed by atoms with van der Waals surface area (Å²) < 4.78 is 4.69. The van der Waals surface area contributed by atoms with E-state index in [2.05, 4.69) is 15.4 Å². The number of hydrogen-bond acceptors (Lipinski definition) is 4. The minimum atomic E-state index is 0.553. The van der Waals surface area contributed by atoms with Gasteiger partial charge < -0.3 is 4.52 Å². The average Bonchev–Trinajstić information content (AvgIpc) is 2.33. The number of hydrogen-bond donors (Lipinski definition) is 0. The third-order valence-electron chi connectivity index (χ3n) is 1.03. The van der Waals surface area contributed by atoms with Crippen molar-refractivity contribution >= 4 is 11.2 Å². The van der Waals surface area contributed by atoms with E-state index in [-0.39, 0.29) is 0 Å². The normalized spacial score (nSPS) is 10.2. The molecule has 0 spiro atoms. The van der Waals surface area contributed by atoms with Gasteiger partial charge in [-0.3, -0.25) is 0 Å². The molecule has 9 heavy (non-hydrogen) atoms. The van der Waals surface area contributed by atoms with E-state index in [0.717, 1.165) is 0 Å². The number of aromatic nitrogens is 3. The smallest absolute Gasteiger partial charge is 0.223 e. The van der Waals surface area contributed by atoms with E-state index in [1.807, 2.05) is 0 Å². The maximum absolute atomic E-state index is 4.69. The van der Waals surface area contributed by atoms with E-state index in [4.69, 9.17) is 4.52 Å². The first kappa shape index (κ1) is 4.43. The van der Waals surface area contributed by atoms with E-state index in [1.54, 1.807) is 18.3 Å².